The Balaban J connectivity index is 1.65. The van der Waals surface area contributed by atoms with Gasteiger partial charge >= 0.3 is 6.03 Å². The van der Waals surface area contributed by atoms with Crippen LogP contribution in [0, 0.1) is 11.8 Å². The van der Waals surface area contributed by atoms with Crippen LogP contribution in [0.15, 0.2) is 30.3 Å². The van der Waals surface area contributed by atoms with E-state index in [9.17, 15) is 9.59 Å². The predicted octanol–water partition coefficient (Wildman–Crippen LogP) is 1.01. The van der Waals surface area contributed by atoms with Crippen LogP contribution in [0.4, 0.5) is 4.79 Å². The van der Waals surface area contributed by atoms with Crippen molar-refractivity contribution in [3.8, 4) is 0 Å². The van der Waals surface area contributed by atoms with Crippen molar-refractivity contribution in [2.45, 2.75) is 33.1 Å². The van der Waals surface area contributed by atoms with Gasteiger partial charge in [-0.2, -0.15) is 0 Å². The first-order chi connectivity index (χ1) is 11.5. The molecule has 1 aromatic rings. The van der Waals surface area contributed by atoms with Crippen LogP contribution in [0.25, 0.3) is 0 Å². The third kappa shape index (κ3) is 6.71. The minimum atomic E-state index is -0.382. The van der Waals surface area contributed by atoms with Gasteiger partial charge in [0.05, 0.1) is 13.1 Å². The van der Waals surface area contributed by atoms with Crippen LogP contribution in [0.5, 0.6) is 0 Å². The Morgan fingerprint density at radius 1 is 1.17 bits per heavy atom. The lowest BCUT2D eigenvalue weighted by molar-refractivity contribution is -0.898. The number of rotatable bonds is 6. The first-order valence-corrected chi connectivity index (χ1v) is 8.98. The molecule has 1 saturated heterocycles. The lowest BCUT2D eigenvalue weighted by Crippen LogP contribution is -3.14. The second-order valence-electron chi connectivity index (χ2n) is 7.21. The number of quaternary nitrogens is 1. The maximum atomic E-state index is 11.9. The highest BCUT2D eigenvalue weighted by Gasteiger charge is 2.24. The van der Waals surface area contributed by atoms with Gasteiger partial charge in [-0.15, -0.1) is 0 Å². The molecule has 0 aliphatic carbocycles. The van der Waals surface area contributed by atoms with Gasteiger partial charge in [0, 0.05) is 6.54 Å². The van der Waals surface area contributed by atoms with Crippen molar-refractivity contribution in [2.75, 3.05) is 26.2 Å². The number of hydrogen-bond donors (Lipinski definition) is 3. The van der Waals surface area contributed by atoms with Crippen LogP contribution in [-0.4, -0.2) is 38.1 Å². The summed E-state index contributed by atoms with van der Waals surface area (Å²) in [5.41, 5.74) is 1.39. The summed E-state index contributed by atoms with van der Waals surface area (Å²) in [5, 5.41) is 5.13. The Morgan fingerprint density at radius 3 is 2.46 bits per heavy atom. The largest absolute Gasteiger partial charge is 0.338 e. The molecule has 0 unspecified atom stereocenters. The Hall–Kier alpha value is -1.88. The number of likely N-dealkylation sites (tertiary alicyclic amines) is 1. The first-order valence-electron chi connectivity index (χ1n) is 8.98. The van der Waals surface area contributed by atoms with Gasteiger partial charge in [-0.3, -0.25) is 10.1 Å². The zero-order valence-corrected chi connectivity index (χ0v) is 14.8. The monoisotopic (exact) mass is 332 g/mol. The summed E-state index contributed by atoms with van der Waals surface area (Å²) < 4.78 is 0. The molecule has 1 aromatic carbocycles. The summed E-state index contributed by atoms with van der Waals surface area (Å²) in [6, 6.07) is 10.2. The lowest BCUT2D eigenvalue weighted by Gasteiger charge is -2.28. The molecular weight excluding hydrogens is 302 g/mol. The van der Waals surface area contributed by atoms with E-state index in [0.29, 0.717) is 24.9 Å². The fourth-order valence-corrected chi connectivity index (χ4v) is 3.15. The van der Waals surface area contributed by atoms with E-state index in [0.717, 1.165) is 32.4 Å². The summed E-state index contributed by atoms with van der Waals surface area (Å²) >= 11 is 0. The van der Waals surface area contributed by atoms with Crippen LogP contribution in [-0.2, 0) is 11.2 Å². The molecule has 0 bridgehead atoms. The van der Waals surface area contributed by atoms with Crippen LogP contribution in [0.2, 0.25) is 0 Å². The predicted molar refractivity (Wildman–Crippen MR) is 94.8 cm³/mol. The maximum Gasteiger partial charge on any atom is 0.321 e. The minimum absolute atomic E-state index is 0.187. The van der Waals surface area contributed by atoms with Crippen molar-refractivity contribution in [1.29, 1.82) is 0 Å². The molecule has 3 amide bonds. The highest BCUT2D eigenvalue weighted by atomic mass is 16.2. The fourth-order valence-electron chi connectivity index (χ4n) is 3.15. The van der Waals surface area contributed by atoms with Crippen molar-refractivity contribution in [1.82, 2.24) is 10.6 Å². The highest BCUT2D eigenvalue weighted by Crippen LogP contribution is 2.16. The summed E-state index contributed by atoms with van der Waals surface area (Å²) in [7, 11) is 0. The summed E-state index contributed by atoms with van der Waals surface area (Å²) in [5.74, 6) is 0.890. The van der Waals surface area contributed by atoms with Gasteiger partial charge in [-0.25, -0.2) is 4.79 Å². The topological polar surface area (TPSA) is 62.6 Å². The average molecular weight is 332 g/mol. The van der Waals surface area contributed by atoms with E-state index >= 15 is 0 Å². The molecule has 1 aliphatic heterocycles. The zero-order chi connectivity index (χ0) is 17.4. The van der Waals surface area contributed by atoms with Gasteiger partial charge < -0.3 is 10.2 Å². The molecule has 5 nitrogen and oxygen atoms in total. The van der Waals surface area contributed by atoms with E-state index in [2.05, 4.69) is 34.9 Å². The standard InChI is InChI=1S/C19H29N3O2/c1-15(2)13-20-19(24)21-18(23)14-22-10-8-17(9-11-22)12-16-6-4-3-5-7-16/h3-7,15,17H,8-14H2,1-2H3,(H2,20,21,23,24)/p+1. The van der Waals surface area contributed by atoms with Crippen LogP contribution < -0.4 is 15.5 Å². The van der Waals surface area contributed by atoms with Gasteiger partial charge in [-0.1, -0.05) is 44.2 Å². The molecule has 132 valence electrons. The van der Waals surface area contributed by atoms with E-state index in [4.69, 9.17) is 0 Å². The van der Waals surface area contributed by atoms with Gasteiger partial charge in [-0.05, 0) is 36.7 Å². The van der Waals surface area contributed by atoms with E-state index in [1.165, 1.54) is 10.5 Å². The van der Waals surface area contributed by atoms with E-state index in [1.807, 2.05) is 19.9 Å². The molecule has 0 aromatic heterocycles. The number of carbonyl (C=O) groups is 2. The SMILES string of the molecule is CC(C)CNC(=O)NC(=O)C[NH+]1CCC(Cc2ccccc2)CC1. The van der Waals surface area contributed by atoms with Crippen molar-refractivity contribution >= 4 is 11.9 Å². The molecular formula is C19H30N3O2+. The Bertz CT molecular complexity index is 523. The Kier molecular flexibility index (Phi) is 7.25. The van der Waals surface area contributed by atoms with Gasteiger partial charge in [0.1, 0.15) is 0 Å². The van der Waals surface area contributed by atoms with E-state index in [-0.39, 0.29) is 11.9 Å². The number of carbonyl (C=O) groups excluding carboxylic acids is 2. The smallest absolute Gasteiger partial charge is 0.321 e. The normalized spacial score (nSPS) is 20.6. The summed E-state index contributed by atoms with van der Waals surface area (Å²) in [4.78, 5) is 24.8. The van der Waals surface area contributed by atoms with Gasteiger partial charge in [0.15, 0.2) is 6.54 Å². The van der Waals surface area contributed by atoms with E-state index < -0.39 is 0 Å². The number of nitrogens with one attached hydrogen (secondary N) is 3. The number of hydrogen-bond acceptors (Lipinski definition) is 2. The Labute approximate surface area is 144 Å². The zero-order valence-electron chi connectivity index (χ0n) is 14.8. The van der Waals surface area contributed by atoms with Crippen molar-refractivity contribution in [3.05, 3.63) is 35.9 Å². The van der Waals surface area contributed by atoms with Crippen molar-refractivity contribution in [3.63, 3.8) is 0 Å². The average Bonchev–Trinajstić information content (AvgIpc) is 2.56. The second kappa shape index (κ2) is 9.42. The molecule has 3 N–H and O–H groups in total. The highest BCUT2D eigenvalue weighted by molar-refractivity contribution is 5.94. The van der Waals surface area contributed by atoms with Crippen LogP contribution in [0.1, 0.15) is 32.3 Å². The number of amides is 3. The number of piperidine rings is 1. The van der Waals surface area contributed by atoms with E-state index in [1.54, 1.807) is 0 Å². The molecule has 24 heavy (non-hydrogen) atoms. The molecule has 0 atom stereocenters. The van der Waals surface area contributed by atoms with Crippen molar-refractivity contribution in [2.24, 2.45) is 11.8 Å². The molecule has 1 fully saturated rings. The molecule has 0 saturated carbocycles. The van der Waals surface area contributed by atoms with Crippen LogP contribution in [0.3, 0.4) is 0 Å². The molecule has 5 heteroatoms. The molecule has 0 radical (unpaired) electrons. The minimum Gasteiger partial charge on any atom is -0.338 e. The Morgan fingerprint density at radius 2 is 1.83 bits per heavy atom. The van der Waals surface area contributed by atoms with Gasteiger partial charge in [0.25, 0.3) is 5.91 Å². The molecule has 1 heterocycles. The molecule has 1 aliphatic rings. The number of benzene rings is 1. The summed E-state index contributed by atoms with van der Waals surface area (Å²) in [6.45, 7) is 7.00. The molecule has 0 spiro atoms. The van der Waals surface area contributed by atoms with Gasteiger partial charge in [0.2, 0.25) is 0 Å². The first kappa shape index (κ1) is 18.5. The lowest BCUT2D eigenvalue weighted by atomic mass is 9.90. The third-order valence-electron chi connectivity index (χ3n) is 4.51. The maximum absolute atomic E-state index is 11.9. The molecule has 2 rings (SSSR count). The quantitative estimate of drug-likeness (QED) is 0.728. The summed E-state index contributed by atoms with van der Waals surface area (Å²) in [6.07, 6.45) is 3.39. The van der Waals surface area contributed by atoms with Crippen LogP contribution >= 0.6 is 0 Å². The fraction of sp³-hybridized carbons (Fsp3) is 0.579. The third-order valence-corrected chi connectivity index (χ3v) is 4.51. The van der Waals surface area contributed by atoms with Crippen molar-refractivity contribution < 1.29 is 14.5 Å². The second-order valence-corrected chi connectivity index (χ2v) is 7.21. The number of imide groups is 1. The number of urea groups is 1.